The van der Waals surface area contributed by atoms with Gasteiger partial charge >= 0.3 is 10.4 Å². The number of hydrogen-bond donors (Lipinski definition) is 1. The Morgan fingerprint density at radius 1 is 1.43 bits per heavy atom. The molecule has 1 N–H and O–H groups in total. The number of benzene rings is 1. The van der Waals surface area contributed by atoms with Gasteiger partial charge in [-0.1, -0.05) is 16.0 Å². The van der Waals surface area contributed by atoms with Crippen molar-refractivity contribution in [2.24, 2.45) is 5.92 Å². The molecule has 2 rings (SSSR count). The molecule has 1 fully saturated rings. The Morgan fingerprint density at radius 3 is 2.81 bits per heavy atom. The van der Waals surface area contributed by atoms with Gasteiger partial charge in [0.25, 0.3) is 0 Å². The summed E-state index contributed by atoms with van der Waals surface area (Å²) in [5, 5.41) is 2.70. The van der Waals surface area contributed by atoms with Gasteiger partial charge in [-0.2, -0.15) is 12.7 Å². The van der Waals surface area contributed by atoms with E-state index in [0.717, 1.165) is 0 Å². The predicted molar refractivity (Wildman–Crippen MR) is 75.9 cm³/mol. The third-order valence-corrected chi connectivity index (χ3v) is 4.38. The molecule has 1 aromatic carbocycles. The molecule has 1 amide bonds. The molecular formula is C13H17FN2O4S. The zero-order valence-electron chi connectivity index (χ0n) is 11.6. The quantitative estimate of drug-likeness (QED) is 0.855. The SMILES string of the molecule is COc1ccccc1NC(=O)C1CCCN(S(=O)(=O)F)C1. The van der Waals surface area contributed by atoms with Crippen molar-refractivity contribution in [3.63, 3.8) is 0 Å². The molecule has 1 aliphatic heterocycles. The summed E-state index contributed by atoms with van der Waals surface area (Å²) in [5.74, 6) is -0.404. The highest BCUT2D eigenvalue weighted by Gasteiger charge is 2.32. The summed E-state index contributed by atoms with van der Waals surface area (Å²) < 4.78 is 40.7. The highest BCUT2D eigenvalue weighted by molar-refractivity contribution is 7.83. The van der Waals surface area contributed by atoms with Crippen molar-refractivity contribution in [1.29, 1.82) is 0 Å². The molecule has 1 unspecified atom stereocenters. The van der Waals surface area contributed by atoms with E-state index in [2.05, 4.69) is 5.32 Å². The van der Waals surface area contributed by atoms with Crippen molar-refractivity contribution in [2.75, 3.05) is 25.5 Å². The van der Waals surface area contributed by atoms with E-state index in [0.29, 0.717) is 28.6 Å². The van der Waals surface area contributed by atoms with Gasteiger partial charge in [0.1, 0.15) is 5.75 Å². The molecule has 0 bridgehead atoms. The molecule has 1 atom stereocenters. The number of carbonyl (C=O) groups excluding carboxylic acids is 1. The van der Waals surface area contributed by atoms with E-state index >= 15 is 0 Å². The smallest absolute Gasteiger partial charge is 0.374 e. The van der Waals surface area contributed by atoms with E-state index < -0.39 is 16.3 Å². The van der Waals surface area contributed by atoms with E-state index in [1.165, 1.54) is 7.11 Å². The molecule has 0 radical (unpaired) electrons. The molecular weight excluding hydrogens is 299 g/mol. The monoisotopic (exact) mass is 316 g/mol. The van der Waals surface area contributed by atoms with E-state index in [1.54, 1.807) is 24.3 Å². The second-order valence-corrected chi connectivity index (χ2v) is 6.17. The lowest BCUT2D eigenvalue weighted by Gasteiger charge is -2.28. The fourth-order valence-corrected chi connectivity index (χ4v) is 3.04. The molecule has 6 nitrogen and oxygen atoms in total. The summed E-state index contributed by atoms with van der Waals surface area (Å²) in [6.45, 7) is -0.0307. The van der Waals surface area contributed by atoms with Gasteiger partial charge in [0, 0.05) is 13.1 Å². The number of nitrogens with zero attached hydrogens (tertiary/aromatic N) is 1. The van der Waals surface area contributed by atoms with Crippen LogP contribution in [0.25, 0.3) is 0 Å². The van der Waals surface area contributed by atoms with Crippen LogP contribution < -0.4 is 10.1 Å². The number of halogens is 1. The summed E-state index contributed by atoms with van der Waals surface area (Å²) in [4.78, 5) is 12.2. The Labute approximate surface area is 123 Å². The van der Waals surface area contributed by atoms with E-state index in [-0.39, 0.29) is 19.0 Å². The Hall–Kier alpha value is -1.67. The van der Waals surface area contributed by atoms with Crippen LogP contribution in [0.15, 0.2) is 24.3 Å². The van der Waals surface area contributed by atoms with Gasteiger partial charge in [0.2, 0.25) is 5.91 Å². The van der Waals surface area contributed by atoms with Crippen molar-refractivity contribution in [2.45, 2.75) is 12.8 Å². The lowest BCUT2D eigenvalue weighted by molar-refractivity contribution is -0.120. The summed E-state index contributed by atoms with van der Waals surface area (Å²) in [5.41, 5.74) is 0.505. The molecule has 116 valence electrons. The predicted octanol–water partition coefficient (Wildman–Crippen LogP) is 1.56. The van der Waals surface area contributed by atoms with Crippen molar-refractivity contribution in [3.05, 3.63) is 24.3 Å². The minimum Gasteiger partial charge on any atom is -0.495 e. The van der Waals surface area contributed by atoms with Gasteiger partial charge in [-0.15, -0.1) is 0 Å². The zero-order chi connectivity index (χ0) is 15.5. The van der Waals surface area contributed by atoms with Crippen LogP contribution in [0.3, 0.4) is 0 Å². The number of amides is 1. The van der Waals surface area contributed by atoms with Crippen LogP contribution in [0.4, 0.5) is 9.57 Å². The van der Waals surface area contributed by atoms with E-state index in [4.69, 9.17) is 4.74 Å². The number of anilines is 1. The fourth-order valence-electron chi connectivity index (χ4n) is 2.34. The first kappa shape index (κ1) is 15.7. The number of piperidine rings is 1. The van der Waals surface area contributed by atoms with Crippen LogP contribution in [-0.4, -0.2) is 38.8 Å². The molecule has 8 heteroatoms. The highest BCUT2D eigenvalue weighted by atomic mass is 32.3. The van der Waals surface area contributed by atoms with Gasteiger partial charge in [0.05, 0.1) is 18.7 Å². The lowest BCUT2D eigenvalue weighted by atomic mass is 9.98. The number of methoxy groups -OCH3 is 1. The second-order valence-electron chi connectivity index (χ2n) is 4.83. The summed E-state index contributed by atoms with van der Waals surface area (Å²) in [6.07, 6.45) is 0.972. The number of nitrogens with one attached hydrogen (secondary N) is 1. The first-order valence-corrected chi connectivity index (χ1v) is 7.89. The van der Waals surface area contributed by atoms with Crippen LogP contribution in [0.1, 0.15) is 12.8 Å². The van der Waals surface area contributed by atoms with Crippen molar-refractivity contribution < 1.29 is 21.8 Å². The van der Waals surface area contributed by atoms with E-state index in [9.17, 15) is 17.1 Å². The molecule has 1 aromatic rings. The van der Waals surface area contributed by atoms with Gasteiger partial charge in [0.15, 0.2) is 0 Å². The maximum Gasteiger partial charge on any atom is 0.374 e. The molecule has 0 saturated carbocycles. The van der Waals surface area contributed by atoms with Gasteiger partial charge in [-0.25, -0.2) is 0 Å². The van der Waals surface area contributed by atoms with Gasteiger partial charge in [-0.05, 0) is 25.0 Å². The molecule has 1 saturated heterocycles. The Balaban J connectivity index is 2.06. The number of hydrogen-bond acceptors (Lipinski definition) is 4. The fraction of sp³-hybridized carbons (Fsp3) is 0.462. The summed E-state index contributed by atoms with van der Waals surface area (Å²) in [6, 6.07) is 6.90. The van der Waals surface area contributed by atoms with Crippen molar-refractivity contribution >= 4 is 22.0 Å². The molecule has 0 aromatic heterocycles. The molecule has 0 aliphatic carbocycles. The lowest BCUT2D eigenvalue weighted by Crippen LogP contribution is -2.42. The third-order valence-electron chi connectivity index (χ3n) is 3.43. The van der Waals surface area contributed by atoms with Crippen LogP contribution in [0.2, 0.25) is 0 Å². The maximum atomic E-state index is 13.0. The maximum absolute atomic E-state index is 13.0. The highest BCUT2D eigenvalue weighted by Crippen LogP contribution is 2.26. The topological polar surface area (TPSA) is 75.7 Å². The molecule has 1 heterocycles. The standard InChI is InChI=1S/C13H17FN2O4S/c1-20-12-7-3-2-6-11(12)15-13(17)10-5-4-8-16(9-10)21(14,18)19/h2-3,6-7,10H,4-5,8-9H2,1H3,(H,15,17). The molecule has 0 spiro atoms. The number of rotatable bonds is 4. The van der Waals surface area contributed by atoms with Crippen LogP contribution in [-0.2, 0) is 15.2 Å². The summed E-state index contributed by atoms with van der Waals surface area (Å²) in [7, 11) is -3.26. The van der Waals surface area contributed by atoms with Crippen LogP contribution >= 0.6 is 0 Å². The van der Waals surface area contributed by atoms with Crippen molar-refractivity contribution in [1.82, 2.24) is 4.31 Å². The number of ether oxygens (including phenoxy) is 1. The number of para-hydroxylation sites is 2. The van der Waals surface area contributed by atoms with Gasteiger partial charge in [-0.3, -0.25) is 4.79 Å². The second kappa shape index (κ2) is 6.40. The minimum absolute atomic E-state index is 0.108. The van der Waals surface area contributed by atoms with Crippen molar-refractivity contribution in [3.8, 4) is 5.75 Å². The summed E-state index contributed by atoms with van der Waals surface area (Å²) >= 11 is 0. The zero-order valence-corrected chi connectivity index (χ0v) is 12.4. The number of carbonyl (C=O) groups is 1. The Kier molecular flexibility index (Phi) is 4.79. The van der Waals surface area contributed by atoms with Crippen LogP contribution in [0.5, 0.6) is 5.75 Å². The van der Waals surface area contributed by atoms with E-state index in [1.807, 2.05) is 0 Å². The normalized spacial score (nSPS) is 20.0. The first-order chi connectivity index (χ1) is 9.91. The van der Waals surface area contributed by atoms with Gasteiger partial charge < -0.3 is 10.1 Å². The minimum atomic E-state index is -4.75. The average Bonchev–Trinajstić information content (AvgIpc) is 2.47. The average molecular weight is 316 g/mol. The largest absolute Gasteiger partial charge is 0.495 e. The molecule has 1 aliphatic rings. The molecule has 21 heavy (non-hydrogen) atoms. The third kappa shape index (κ3) is 3.92. The Morgan fingerprint density at radius 2 is 2.14 bits per heavy atom. The Bertz CT molecular complexity index is 620. The van der Waals surface area contributed by atoms with Crippen LogP contribution in [0, 0.1) is 5.92 Å². The first-order valence-electron chi connectivity index (χ1n) is 6.55.